The minimum atomic E-state index is -0.498. The van der Waals surface area contributed by atoms with Gasteiger partial charge in [-0.3, -0.25) is 0 Å². The molecule has 1 heterocycles. The highest BCUT2D eigenvalue weighted by molar-refractivity contribution is 5.68. The molecule has 0 radical (unpaired) electrons. The molecular weight excluding hydrogens is 232 g/mol. The highest BCUT2D eigenvalue weighted by Gasteiger charge is 2.26. The largest absolute Gasteiger partial charge is 0.444 e. The summed E-state index contributed by atoms with van der Waals surface area (Å²) >= 11 is 0. The van der Waals surface area contributed by atoms with E-state index in [1.165, 1.54) is 6.08 Å². The van der Waals surface area contributed by atoms with Gasteiger partial charge in [0.05, 0.1) is 18.2 Å². The van der Waals surface area contributed by atoms with Crippen LogP contribution >= 0.6 is 0 Å². The van der Waals surface area contributed by atoms with E-state index in [-0.39, 0.29) is 6.04 Å². The second-order valence-corrected chi connectivity index (χ2v) is 5.28. The Kier molecular flexibility index (Phi) is 4.43. The molecule has 1 aliphatic rings. The highest BCUT2D eigenvalue weighted by atomic mass is 16.6. The zero-order valence-corrected chi connectivity index (χ0v) is 11.1. The first-order valence-electron chi connectivity index (χ1n) is 5.91. The van der Waals surface area contributed by atoms with Crippen molar-refractivity contribution in [2.75, 3.05) is 13.1 Å². The van der Waals surface area contributed by atoms with E-state index in [0.29, 0.717) is 12.4 Å². The fourth-order valence-electron chi connectivity index (χ4n) is 1.74. The van der Waals surface area contributed by atoms with Crippen molar-refractivity contribution in [3.63, 3.8) is 0 Å². The number of carbonyl (C=O) groups excluding carboxylic acids is 1. The summed E-state index contributed by atoms with van der Waals surface area (Å²) < 4.78 is 5.18. The second kappa shape index (κ2) is 5.63. The number of nitrogens with one attached hydrogen (secondary N) is 1. The van der Waals surface area contributed by atoms with Crippen LogP contribution in [-0.4, -0.2) is 35.7 Å². The maximum atomic E-state index is 11.6. The molecule has 1 unspecified atom stereocenters. The van der Waals surface area contributed by atoms with E-state index in [0.717, 1.165) is 13.0 Å². The first-order chi connectivity index (χ1) is 8.31. The Hall–Kier alpha value is -1.90. The number of amides is 1. The van der Waals surface area contributed by atoms with Crippen LogP contribution in [-0.2, 0) is 4.74 Å². The number of nitrogens with two attached hydrogens (primary N) is 1. The number of carbonyl (C=O) groups is 1. The topological polar surface area (TPSA) is 91.4 Å². The molecule has 1 rings (SSSR count). The quantitative estimate of drug-likeness (QED) is 0.713. The molecule has 18 heavy (non-hydrogen) atoms. The van der Waals surface area contributed by atoms with Crippen LogP contribution in [0.15, 0.2) is 11.9 Å². The molecule has 1 amide bonds. The van der Waals surface area contributed by atoms with Crippen LogP contribution in [0.5, 0.6) is 0 Å². The summed E-state index contributed by atoms with van der Waals surface area (Å²) in [4.78, 5) is 13.4. The molecule has 0 aromatic rings. The number of hydrogen-bond donors (Lipinski definition) is 2. The van der Waals surface area contributed by atoms with Gasteiger partial charge in [0.2, 0.25) is 0 Å². The van der Waals surface area contributed by atoms with Gasteiger partial charge in [0.1, 0.15) is 11.4 Å². The molecule has 1 atom stereocenters. The van der Waals surface area contributed by atoms with E-state index in [9.17, 15) is 4.79 Å². The number of likely N-dealkylation sites (tertiary alicyclic amines) is 1. The molecule has 6 heteroatoms. The Morgan fingerprint density at radius 2 is 2.28 bits per heavy atom. The van der Waals surface area contributed by atoms with Gasteiger partial charge < -0.3 is 20.7 Å². The van der Waals surface area contributed by atoms with Gasteiger partial charge in [0.15, 0.2) is 0 Å². The zero-order valence-electron chi connectivity index (χ0n) is 11.1. The number of nitriles is 1. The third-order valence-corrected chi connectivity index (χ3v) is 2.49. The Bertz CT molecular complexity index is 379. The van der Waals surface area contributed by atoms with Crippen LogP contribution in [0.25, 0.3) is 0 Å². The molecule has 100 valence electrons. The van der Waals surface area contributed by atoms with Gasteiger partial charge in [0.25, 0.3) is 0 Å². The van der Waals surface area contributed by atoms with E-state index in [1.807, 2.05) is 31.7 Å². The highest BCUT2D eigenvalue weighted by Crippen LogP contribution is 2.13. The molecule has 0 aliphatic carbocycles. The summed E-state index contributed by atoms with van der Waals surface area (Å²) in [5.74, 6) is 0.436. The van der Waals surface area contributed by atoms with Crippen LogP contribution in [0.2, 0.25) is 0 Å². The minimum absolute atomic E-state index is 0.00509. The Morgan fingerprint density at radius 1 is 1.61 bits per heavy atom. The Labute approximate surface area is 107 Å². The number of allylic oxidation sites excluding steroid dienone is 1. The number of hydrogen-bond acceptors (Lipinski definition) is 5. The summed E-state index contributed by atoms with van der Waals surface area (Å²) in [6, 6.07) is 1.90. The van der Waals surface area contributed by atoms with Crippen molar-refractivity contribution < 1.29 is 9.53 Å². The number of rotatable bonds is 2. The minimum Gasteiger partial charge on any atom is -0.444 e. The third kappa shape index (κ3) is 4.53. The summed E-state index contributed by atoms with van der Waals surface area (Å²) in [6.07, 6.45) is 1.67. The first-order valence-corrected chi connectivity index (χ1v) is 5.91. The third-order valence-electron chi connectivity index (χ3n) is 2.49. The SMILES string of the molecule is CC(C)(C)OC(=O)NC1CCN(C(N)=CC#N)C1. The van der Waals surface area contributed by atoms with Gasteiger partial charge in [-0.25, -0.2) is 4.79 Å². The molecule has 6 nitrogen and oxygen atoms in total. The maximum absolute atomic E-state index is 11.6. The van der Waals surface area contributed by atoms with Gasteiger partial charge >= 0.3 is 6.09 Å². The Balaban J connectivity index is 2.42. The molecular formula is C12H20N4O2. The van der Waals surface area contributed by atoms with E-state index < -0.39 is 11.7 Å². The monoisotopic (exact) mass is 252 g/mol. The molecule has 0 saturated carbocycles. The second-order valence-electron chi connectivity index (χ2n) is 5.28. The molecule has 1 aliphatic heterocycles. The summed E-state index contributed by atoms with van der Waals surface area (Å²) in [6.45, 7) is 6.79. The molecule has 0 bridgehead atoms. The zero-order chi connectivity index (χ0) is 13.8. The molecule has 1 fully saturated rings. The van der Waals surface area contributed by atoms with Crippen LogP contribution in [0, 0.1) is 11.3 Å². The first kappa shape index (κ1) is 14.2. The van der Waals surface area contributed by atoms with Crippen LogP contribution in [0.4, 0.5) is 4.79 Å². The fourth-order valence-corrected chi connectivity index (χ4v) is 1.74. The standard InChI is InChI=1S/C12H20N4O2/c1-12(2,3)18-11(17)15-9-5-7-16(8-9)10(14)4-6-13/h4,9H,5,7-8,14H2,1-3H3,(H,15,17). The van der Waals surface area contributed by atoms with Gasteiger partial charge in [0, 0.05) is 13.1 Å². The van der Waals surface area contributed by atoms with E-state index in [1.54, 1.807) is 0 Å². The Morgan fingerprint density at radius 3 is 2.83 bits per heavy atom. The maximum Gasteiger partial charge on any atom is 0.407 e. The molecule has 1 saturated heterocycles. The van der Waals surface area contributed by atoms with Gasteiger partial charge in [-0.15, -0.1) is 0 Å². The van der Waals surface area contributed by atoms with Crippen LogP contribution in [0.1, 0.15) is 27.2 Å². The summed E-state index contributed by atoms with van der Waals surface area (Å²) in [5.41, 5.74) is 5.21. The van der Waals surface area contributed by atoms with E-state index in [2.05, 4.69) is 5.32 Å². The molecule has 0 aromatic heterocycles. The average Bonchev–Trinajstić information content (AvgIpc) is 2.63. The lowest BCUT2D eigenvalue weighted by Gasteiger charge is -2.22. The normalized spacial score (nSPS) is 20.4. The predicted octanol–water partition coefficient (Wildman–Crippen LogP) is 0.909. The summed E-state index contributed by atoms with van der Waals surface area (Å²) in [5, 5.41) is 11.3. The number of ether oxygens (including phenoxy) is 1. The van der Waals surface area contributed by atoms with Gasteiger partial charge in [-0.2, -0.15) is 5.26 Å². The lowest BCUT2D eigenvalue weighted by molar-refractivity contribution is 0.0506. The lowest BCUT2D eigenvalue weighted by atomic mass is 10.2. The lowest BCUT2D eigenvalue weighted by Crippen LogP contribution is -2.40. The molecule has 3 N–H and O–H groups in total. The van der Waals surface area contributed by atoms with Crippen molar-refractivity contribution in [1.29, 1.82) is 5.26 Å². The predicted molar refractivity (Wildman–Crippen MR) is 67.2 cm³/mol. The van der Waals surface area contributed by atoms with Gasteiger partial charge in [-0.05, 0) is 27.2 Å². The van der Waals surface area contributed by atoms with E-state index >= 15 is 0 Å². The van der Waals surface area contributed by atoms with Crippen LogP contribution < -0.4 is 11.1 Å². The molecule has 0 spiro atoms. The smallest absolute Gasteiger partial charge is 0.407 e. The van der Waals surface area contributed by atoms with Crippen molar-refractivity contribution in [3.05, 3.63) is 11.9 Å². The van der Waals surface area contributed by atoms with E-state index in [4.69, 9.17) is 15.7 Å². The average molecular weight is 252 g/mol. The summed E-state index contributed by atoms with van der Waals surface area (Å²) in [7, 11) is 0. The number of nitrogens with zero attached hydrogens (tertiary/aromatic N) is 2. The van der Waals surface area contributed by atoms with Crippen molar-refractivity contribution >= 4 is 6.09 Å². The van der Waals surface area contributed by atoms with Crippen molar-refractivity contribution in [2.24, 2.45) is 5.73 Å². The molecule has 0 aromatic carbocycles. The van der Waals surface area contributed by atoms with Gasteiger partial charge in [-0.1, -0.05) is 0 Å². The van der Waals surface area contributed by atoms with Crippen molar-refractivity contribution in [2.45, 2.75) is 38.8 Å². The van der Waals surface area contributed by atoms with Crippen LogP contribution in [0.3, 0.4) is 0 Å². The number of alkyl carbamates (subject to hydrolysis) is 1. The van der Waals surface area contributed by atoms with Crippen molar-refractivity contribution in [3.8, 4) is 6.07 Å². The van der Waals surface area contributed by atoms with Crippen molar-refractivity contribution in [1.82, 2.24) is 10.2 Å². The fraction of sp³-hybridized carbons (Fsp3) is 0.667.